The van der Waals surface area contributed by atoms with Crippen LogP contribution in [-0.4, -0.2) is 22.7 Å². The van der Waals surface area contributed by atoms with Crippen molar-refractivity contribution in [2.45, 2.75) is 38.5 Å². The van der Waals surface area contributed by atoms with Gasteiger partial charge in [-0.05, 0) is 61.6 Å². The van der Waals surface area contributed by atoms with Crippen LogP contribution in [0.25, 0.3) is 6.08 Å². The van der Waals surface area contributed by atoms with Gasteiger partial charge >= 0.3 is 0 Å². The summed E-state index contributed by atoms with van der Waals surface area (Å²) in [7, 11) is 0. The molecule has 0 radical (unpaired) electrons. The molecule has 1 aromatic carbocycles. The van der Waals surface area contributed by atoms with Crippen LogP contribution in [0.3, 0.4) is 0 Å². The number of aromatic nitrogens is 1. The normalized spacial score (nSPS) is 14.8. The molecule has 1 N–H and O–H groups in total. The third kappa shape index (κ3) is 4.30. The highest BCUT2D eigenvalue weighted by atomic mass is 16.5. The first-order valence-electron chi connectivity index (χ1n) is 8.17. The predicted octanol–water partition coefficient (Wildman–Crippen LogP) is 3.13. The number of amides is 1. The topological polar surface area (TPSA) is 51.2 Å². The zero-order chi connectivity index (χ0) is 17.0. The average molecular weight is 322 g/mol. The Balaban J connectivity index is 1.54. The lowest BCUT2D eigenvalue weighted by Gasteiger charge is -2.29. The third-order valence-electron chi connectivity index (χ3n) is 4.03. The van der Waals surface area contributed by atoms with Crippen LogP contribution >= 0.6 is 0 Å². The third-order valence-corrected chi connectivity index (χ3v) is 4.03. The van der Waals surface area contributed by atoms with Crippen molar-refractivity contribution in [1.82, 2.24) is 10.3 Å². The number of hydrogen-bond donors (Lipinski definition) is 1. The molecule has 0 fully saturated rings. The Kier molecular flexibility index (Phi) is 4.76. The van der Waals surface area contributed by atoms with Crippen LogP contribution in [0.2, 0.25) is 0 Å². The number of nitrogens with zero attached hydrogens (tertiary/aromatic N) is 1. The minimum Gasteiger partial charge on any atom is -0.352 e. The maximum absolute atomic E-state index is 12.1. The monoisotopic (exact) mass is 322 g/mol. The van der Waals surface area contributed by atoms with Crippen molar-refractivity contribution in [3.05, 3.63) is 71.6 Å². The van der Waals surface area contributed by atoms with Crippen LogP contribution < -0.4 is 5.32 Å². The first-order chi connectivity index (χ1) is 11.5. The van der Waals surface area contributed by atoms with Gasteiger partial charge in [0, 0.05) is 18.5 Å². The summed E-state index contributed by atoms with van der Waals surface area (Å²) in [5.41, 5.74) is 2.89. The number of ether oxygens (including phenoxy) is 1. The molecule has 0 saturated heterocycles. The van der Waals surface area contributed by atoms with E-state index in [0.717, 1.165) is 18.4 Å². The van der Waals surface area contributed by atoms with E-state index in [1.807, 2.05) is 26.0 Å². The number of carbonyl (C=O) groups excluding carboxylic acids is 1. The fraction of sp³-hybridized carbons (Fsp3) is 0.300. The van der Waals surface area contributed by atoms with E-state index >= 15 is 0 Å². The van der Waals surface area contributed by atoms with Gasteiger partial charge < -0.3 is 10.1 Å². The number of rotatable bonds is 5. The number of nitrogens with one attached hydrogen (secondary N) is 1. The molecule has 0 saturated carbocycles. The zero-order valence-electron chi connectivity index (χ0n) is 14.0. The van der Waals surface area contributed by atoms with Crippen LogP contribution in [-0.2, 0) is 22.4 Å². The summed E-state index contributed by atoms with van der Waals surface area (Å²) in [6, 6.07) is 12.1. The Hall–Kier alpha value is -2.46. The highest BCUT2D eigenvalue weighted by Crippen LogP contribution is 2.26. The maximum atomic E-state index is 12.1. The van der Waals surface area contributed by atoms with E-state index in [1.54, 1.807) is 18.5 Å². The number of benzene rings is 1. The largest absolute Gasteiger partial charge is 0.352 e. The molecular weight excluding hydrogens is 300 g/mol. The molecule has 1 aliphatic rings. The molecule has 4 heteroatoms. The molecule has 1 aliphatic carbocycles. The van der Waals surface area contributed by atoms with E-state index < -0.39 is 5.72 Å². The Bertz CT molecular complexity index is 713. The molecule has 0 bridgehead atoms. The van der Waals surface area contributed by atoms with Crippen molar-refractivity contribution in [2.24, 2.45) is 0 Å². The summed E-state index contributed by atoms with van der Waals surface area (Å²) in [5, 5.41) is 2.92. The minimum absolute atomic E-state index is 0.0990. The second-order valence-corrected chi connectivity index (χ2v) is 6.53. The summed E-state index contributed by atoms with van der Waals surface area (Å²) in [5.74, 6) is -0.174. The van der Waals surface area contributed by atoms with E-state index in [0.29, 0.717) is 0 Å². The fourth-order valence-corrected chi connectivity index (χ4v) is 3.03. The van der Waals surface area contributed by atoms with Crippen molar-refractivity contribution < 1.29 is 9.53 Å². The van der Waals surface area contributed by atoms with E-state index in [-0.39, 0.29) is 12.0 Å². The molecule has 1 heterocycles. The van der Waals surface area contributed by atoms with Crippen molar-refractivity contribution >= 4 is 12.0 Å². The van der Waals surface area contributed by atoms with Gasteiger partial charge in [0.1, 0.15) is 5.72 Å². The number of hydrogen-bond acceptors (Lipinski definition) is 3. The molecule has 0 spiro atoms. The molecule has 0 unspecified atom stereocenters. The van der Waals surface area contributed by atoms with Gasteiger partial charge in [0.25, 0.3) is 0 Å². The van der Waals surface area contributed by atoms with Crippen molar-refractivity contribution in [3.63, 3.8) is 0 Å². The van der Waals surface area contributed by atoms with Gasteiger partial charge in [0.15, 0.2) is 0 Å². The van der Waals surface area contributed by atoms with Crippen LogP contribution in [0.4, 0.5) is 0 Å². The van der Waals surface area contributed by atoms with Crippen LogP contribution in [0, 0.1) is 0 Å². The smallest absolute Gasteiger partial charge is 0.246 e. The highest BCUT2D eigenvalue weighted by molar-refractivity contribution is 5.92. The van der Waals surface area contributed by atoms with Gasteiger partial charge in [-0.3, -0.25) is 9.78 Å². The van der Waals surface area contributed by atoms with Crippen LogP contribution in [0.15, 0.2) is 54.9 Å². The summed E-state index contributed by atoms with van der Waals surface area (Å²) < 4.78 is 6.13. The predicted molar refractivity (Wildman–Crippen MR) is 94.2 cm³/mol. The highest BCUT2D eigenvalue weighted by Gasteiger charge is 2.29. The standard InChI is InChI=1S/C20H22N2O2/c1-20(2,22-19(23)8-7-15-9-11-21-12-10-15)24-18-13-16-5-3-4-6-17(16)14-18/h3-12,18H,13-14H2,1-2H3,(H,22,23)/b8-7+. The Morgan fingerprint density at radius 3 is 2.42 bits per heavy atom. The molecule has 4 nitrogen and oxygen atoms in total. The quantitative estimate of drug-likeness (QED) is 0.680. The molecule has 124 valence electrons. The van der Waals surface area contributed by atoms with Crippen molar-refractivity contribution in [1.29, 1.82) is 0 Å². The van der Waals surface area contributed by atoms with Crippen LogP contribution in [0.5, 0.6) is 0 Å². The minimum atomic E-state index is -0.716. The lowest BCUT2D eigenvalue weighted by molar-refractivity contribution is -0.131. The lowest BCUT2D eigenvalue weighted by Crippen LogP contribution is -2.47. The van der Waals surface area contributed by atoms with E-state index in [1.165, 1.54) is 17.2 Å². The average Bonchev–Trinajstić information content (AvgIpc) is 2.94. The van der Waals surface area contributed by atoms with E-state index in [4.69, 9.17) is 4.74 Å². The van der Waals surface area contributed by atoms with Crippen molar-refractivity contribution in [2.75, 3.05) is 0 Å². The summed E-state index contributed by atoms with van der Waals surface area (Å²) in [4.78, 5) is 16.1. The Morgan fingerprint density at radius 2 is 1.79 bits per heavy atom. The van der Waals surface area contributed by atoms with Crippen LogP contribution in [0.1, 0.15) is 30.5 Å². The summed E-state index contributed by atoms with van der Waals surface area (Å²) in [6.45, 7) is 3.77. The van der Waals surface area contributed by atoms with Gasteiger partial charge in [-0.15, -0.1) is 0 Å². The molecule has 2 aromatic rings. The second-order valence-electron chi connectivity index (χ2n) is 6.53. The van der Waals surface area contributed by atoms with Gasteiger partial charge in [-0.25, -0.2) is 0 Å². The molecule has 24 heavy (non-hydrogen) atoms. The SMILES string of the molecule is CC(C)(NC(=O)/C=C/c1ccncc1)OC1Cc2ccccc2C1. The molecular formula is C20H22N2O2. The zero-order valence-corrected chi connectivity index (χ0v) is 14.0. The number of carbonyl (C=O) groups is 1. The molecule has 1 aromatic heterocycles. The van der Waals surface area contributed by atoms with Gasteiger partial charge in [-0.2, -0.15) is 0 Å². The summed E-state index contributed by atoms with van der Waals surface area (Å²) >= 11 is 0. The second kappa shape index (κ2) is 6.97. The molecule has 0 aliphatic heterocycles. The number of fused-ring (bicyclic) bond motifs is 1. The maximum Gasteiger partial charge on any atom is 0.246 e. The van der Waals surface area contributed by atoms with Gasteiger partial charge in [0.05, 0.1) is 6.10 Å². The number of pyridine rings is 1. The van der Waals surface area contributed by atoms with Gasteiger partial charge in [0.2, 0.25) is 5.91 Å². The van der Waals surface area contributed by atoms with Gasteiger partial charge in [-0.1, -0.05) is 24.3 Å². The molecule has 3 rings (SSSR count). The van der Waals surface area contributed by atoms with E-state index in [2.05, 4.69) is 34.6 Å². The molecule has 1 amide bonds. The summed E-state index contributed by atoms with van der Waals surface area (Å²) in [6.07, 6.45) is 8.56. The Morgan fingerprint density at radius 1 is 1.17 bits per heavy atom. The fourth-order valence-electron chi connectivity index (χ4n) is 3.03. The van der Waals surface area contributed by atoms with E-state index in [9.17, 15) is 4.79 Å². The Labute approximate surface area is 142 Å². The van der Waals surface area contributed by atoms with Crippen molar-refractivity contribution in [3.8, 4) is 0 Å². The first kappa shape index (κ1) is 16.4. The lowest BCUT2D eigenvalue weighted by atomic mass is 10.1. The molecule has 0 atom stereocenters. The first-order valence-corrected chi connectivity index (χ1v) is 8.17.